The highest BCUT2D eigenvalue weighted by molar-refractivity contribution is 7.92. The first-order valence-electron chi connectivity index (χ1n) is 13.5. The SMILES string of the molecule is CC(C)c1ccc(N(CC(=O)N(Cc2ccccc2)[C@@H](Cc2ccccc2)C(=O)NC(C)(C)C)S(C)(=O)=O)cc1. The summed E-state index contributed by atoms with van der Waals surface area (Å²) >= 11 is 0. The molecular weight excluding hydrogens is 522 g/mol. The summed E-state index contributed by atoms with van der Waals surface area (Å²) in [6, 6.07) is 25.3. The third-order valence-electron chi connectivity index (χ3n) is 6.49. The highest BCUT2D eigenvalue weighted by atomic mass is 32.2. The van der Waals surface area contributed by atoms with Crippen molar-refractivity contribution in [3.05, 3.63) is 102 Å². The molecule has 8 heteroatoms. The van der Waals surface area contributed by atoms with E-state index in [9.17, 15) is 18.0 Å². The van der Waals surface area contributed by atoms with Gasteiger partial charge in [-0.05, 0) is 55.5 Å². The molecule has 0 aliphatic carbocycles. The molecule has 0 aromatic heterocycles. The molecule has 0 unspecified atom stereocenters. The molecule has 0 saturated carbocycles. The van der Waals surface area contributed by atoms with Crippen molar-refractivity contribution in [3.63, 3.8) is 0 Å². The van der Waals surface area contributed by atoms with Gasteiger partial charge in [0.05, 0.1) is 11.9 Å². The molecule has 3 aromatic rings. The lowest BCUT2D eigenvalue weighted by molar-refractivity contribution is -0.140. The van der Waals surface area contributed by atoms with Crippen molar-refractivity contribution in [2.45, 2.75) is 65.1 Å². The minimum absolute atomic E-state index is 0.151. The molecule has 2 amide bonds. The molecule has 0 fully saturated rings. The summed E-state index contributed by atoms with van der Waals surface area (Å²) in [6.45, 7) is 9.51. The van der Waals surface area contributed by atoms with Crippen LogP contribution in [0.3, 0.4) is 0 Å². The number of nitrogens with zero attached hydrogens (tertiary/aromatic N) is 2. The van der Waals surface area contributed by atoms with Crippen LogP contribution in [0, 0.1) is 0 Å². The second kappa shape index (κ2) is 13.1. The van der Waals surface area contributed by atoms with Crippen molar-refractivity contribution >= 4 is 27.5 Å². The summed E-state index contributed by atoms with van der Waals surface area (Å²) in [5.74, 6) is -0.483. The van der Waals surface area contributed by atoms with Crippen LogP contribution in [0.4, 0.5) is 5.69 Å². The van der Waals surface area contributed by atoms with Crippen LogP contribution < -0.4 is 9.62 Å². The molecule has 7 nitrogen and oxygen atoms in total. The summed E-state index contributed by atoms with van der Waals surface area (Å²) in [5, 5.41) is 3.03. The number of nitrogens with one attached hydrogen (secondary N) is 1. The molecular formula is C32H41N3O4S. The summed E-state index contributed by atoms with van der Waals surface area (Å²) < 4.78 is 27.0. The lowest BCUT2D eigenvalue weighted by Gasteiger charge is -2.35. The van der Waals surface area contributed by atoms with E-state index in [1.165, 1.54) is 4.90 Å². The number of sulfonamides is 1. The number of amides is 2. The van der Waals surface area contributed by atoms with Gasteiger partial charge in [0.15, 0.2) is 0 Å². The van der Waals surface area contributed by atoms with Crippen molar-refractivity contribution in [1.29, 1.82) is 0 Å². The largest absolute Gasteiger partial charge is 0.350 e. The summed E-state index contributed by atoms with van der Waals surface area (Å²) in [5.41, 5.74) is 2.68. The average Bonchev–Trinajstić information content (AvgIpc) is 2.88. The van der Waals surface area contributed by atoms with Gasteiger partial charge in [0.25, 0.3) is 0 Å². The molecule has 40 heavy (non-hydrogen) atoms. The molecule has 1 atom stereocenters. The second-order valence-electron chi connectivity index (χ2n) is 11.5. The third kappa shape index (κ3) is 8.95. The Kier molecular flexibility index (Phi) is 10.1. The van der Waals surface area contributed by atoms with Gasteiger partial charge in [-0.25, -0.2) is 8.42 Å². The van der Waals surface area contributed by atoms with E-state index in [4.69, 9.17) is 0 Å². The minimum Gasteiger partial charge on any atom is -0.350 e. The van der Waals surface area contributed by atoms with Crippen molar-refractivity contribution in [2.24, 2.45) is 0 Å². The summed E-state index contributed by atoms with van der Waals surface area (Å²) in [4.78, 5) is 29.3. The van der Waals surface area contributed by atoms with E-state index < -0.39 is 34.1 Å². The fourth-order valence-electron chi connectivity index (χ4n) is 4.43. The van der Waals surface area contributed by atoms with E-state index in [0.29, 0.717) is 5.69 Å². The average molecular weight is 564 g/mol. The molecule has 0 radical (unpaired) electrons. The number of carbonyl (C=O) groups excluding carboxylic acids is 2. The van der Waals surface area contributed by atoms with E-state index in [0.717, 1.165) is 27.3 Å². The monoisotopic (exact) mass is 563 g/mol. The maximum atomic E-state index is 14.1. The van der Waals surface area contributed by atoms with Gasteiger partial charge in [-0.1, -0.05) is 86.6 Å². The Hall–Kier alpha value is -3.65. The number of benzene rings is 3. The highest BCUT2D eigenvalue weighted by Crippen LogP contribution is 2.23. The van der Waals surface area contributed by atoms with Crippen LogP contribution in [0.5, 0.6) is 0 Å². The molecule has 214 valence electrons. The fourth-order valence-corrected chi connectivity index (χ4v) is 5.28. The topological polar surface area (TPSA) is 86.8 Å². The molecule has 3 rings (SSSR count). The maximum Gasteiger partial charge on any atom is 0.244 e. The lowest BCUT2D eigenvalue weighted by atomic mass is 10.0. The predicted octanol–water partition coefficient (Wildman–Crippen LogP) is 5.13. The smallest absolute Gasteiger partial charge is 0.244 e. The van der Waals surface area contributed by atoms with Gasteiger partial charge < -0.3 is 10.2 Å². The number of anilines is 1. The van der Waals surface area contributed by atoms with Crippen LogP contribution in [-0.4, -0.2) is 49.5 Å². The quantitative estimate of drug-likeness (QED) is 0.350. The first kappa shape index (κ1) is 30.9. The Labute approximate surface area is 239 Å². The zero-order valence-electron chi connectivity index (χ0n) is 24.3. The van der Waals surface area contributed by atoms with Gasteiger partial charge in [-0.15, -0.1) is 0 Å². The van der Waals surface area contributed by atoms with Crippen molar-refractivity contribution in [1.82, 2.24) is 10.2 Å². The van der Waals surface area contributed by atoms with Gasteiger partial charge in [0, 0.05) is 18.5 Å². The van der Waals surface area contributed by atoms with E-state index in [2.05, 4.69) is 19.2 Å². The molecule has 0 bridgehead atoms. The Bertz CT molecular complexity index is 1370. The minimum atomic E-state index is -3.80. The van der Waals surface area contributed by atoms with E-state index in [1.54, 1.807) is 12.1 Å². The first-order valence-corrected chi connectivity index (χ1v) is 15.4. The molecule has 0 saturated heterocycles. The van der Waals surface area contributed by atoms with Gasteiger partial charge in [0.1, 0.15) is 12.6 Å². The van der Waals surface area contributed by atoms with Crippen molar-refractivity contribution < 1.29 is 18.0 Å². The van der Waals surface area contributed by atoms with Crippen LogP contribution >= 0.6 is 0 Å². The molecule has 0 aliphatic rings. The lowest BCUT2D eigenvalue weighted by Crippen LogP contribution is -2.56. The maximum absolute atomic E-state index is 14.1. The molecule has 1 N–H and O–H groups in total. The van der Waals surface area contributed by atoms with Crippen LogP contribution in [0.15, 0.2) is 84.9 Å². The number of carbonyl (C=O) groups is 2. The predicted molar refractivity (Wildman–Crippen MR) is 162 cm³/mol. The first-order chi connectivity index (χ1) is 18.7. The molecule has 0 spiro atoms. The standard InChI is InChI=1S/C32H41N3O4S/c1-24(2)27-17-19-28(20-18-27)35(40(6,38)39)23-30(36)34(22-26-15-11-8-12-16-26)29(31(37)33-32(3,4)5)21-25-13-9-7-10-14-25/h7-20,24,29H,21-23H2,1-6H3,(H,33,37)/t29-/m0/s1. The second-order valence-corrected chi connectivity index (χ2v) is 13.4. The van der Waals surface area contributed by atoms with Crippen LogP contribution in [0.1, 0.15) is 57.2 Å². The molecule has 3 aromatic carbocycles. The van der Waals surface area contributed by atoms with E-state index in [1.807, 2.05) is 93.6 Å². The highest BCUT2D eigenvalue weighted by Gasteiger charge is 2.34. The number of rotatable bonds is 11. The Morgan fingerprint density at radius 3 is 1.82 bits per heavy atom. The third-order valence-corrected chi connectivity index (χ3v) is 7.63. The Balaban J connectivity index is 2.04. The zero-order chi connectivity index (χ0) is 29.5. The molecule has 0 heterocycles. The van der Waals surface area contributed by atoms with Crippen molar-refractivity contribution in [3.8, 4) is 0 Å². The van der Waals surface area contributed by atoms with Gasteiger partial charge in [-0.2, -0.15) is 0 Å². The van der Waals surface area contributed by atoms with Crippen LogP contribution in [0.2, 0.25) is 0 Å². The fraction of sp³-hybridized carbons (Fsp3) is 0.375. The summed E-state index contributed by atoms with van der Waals surface area (Å²) in [7, 11) is -3.80. The normalized spacial score (nSPS) is 12.6. The zero-order valence-corrected chi connectivity index (χ0v) is 25.1. The number of hydrogen-bond acceptors (Lipinski definition) is 4. The Morgan fingerprint density at radius 2 is 1.35 bits per heavy atom. The number of hydrogen-bond donors (Lipinski definition) is 1. The van der Waals surface area contributed by atoms with Crippen molar-refractivity contribution in [2.75, 3.05) is 17.1 Å². The van der Waals surface area contributed by atoms with Gasteiger partial charge >= 0.3 is 0 Å². The Morgan fingerprint density at radius 1 is 0.825 bits per heavy atom. The van der Waals surface area contributed by atoms with E-state index in [-0.39, 0.29) is 24.8 Å². The molecule has 0 aliphatic heterocycles. The summed E-state index contributed by atoms with van der Waals surface area (Å²) in [6.07, 6.45) is 1.37. The van der Waals surface area contributed by atoms with Crippen LogP contribution in [0.25, 0.3) is 0 Å². The van der Waals surface area contributed by atoms with Gasteiger partial charge in [0.2, 0.25) is 21.8 Å². The van der Waals surface area contributed by atoms with E-state index >= 15 is 0 Å². The van der Waals surface area contributed by atoms with Gasteiger partial charge in [-0.3, -0.25) is 13.9 Å². The van der Waals surface area contributed by atoms with Crippen LogP contribution in [-0.2, 0) is 32.6 Å².